The van der Waals surface area contributed by atoms with Crippen molar-refractivity contribution in [2.75, 3.05) is 6.61 Å². The zero-order chi connectivity index (χ0) is 19.5. The average molecular weight is 373 g/mol. The summed E-state index contributed by atoms with van der Waals surface area (Å²) in [4.78, 5) is 0. The van der Waals surface area contributed by atoms with E-state index in [0.717, 1.165) is 23.1 Å². The molecular formula is C25H27NO2. The molecule has 4 rings (SSSR count). The van der Waals surface area contributed by atoms with Gasteiger partial charge in [-0.15, -0.1) is 0 Å². The highest BCUT2D eigenvalue weighted by Crippen LogP contribution is 2.40. The molecule has 1 aliphatic rings. The number of hydrogen-bond donors (Lipinski definition) is 3. The van der Waals surface area contributed by atoms with Gasteiger partial charge in [-0.3, -0.25) is 5.32 Å². The largest absolute Gasteiger partial charge is 0.393 e. The van der Waals surface area contributed by atoms with Gasteiger partial charge in [-0.25, -0.2) is 0 Å². The average Bonchev–Trinajstić information content (AvgIpc) is 3.15. The Morgan fingerprint density at radius 1 is 0.786 bits per heavy atom. The van der Waals surface area contributed by atoms with E-state index in [4.69, 9.17) is 0 Å². The Morgan fingerprint density at radius 2 is 1.21 bits per heavy atom. The van der Waals surface area contributed by atoms with E-state index in [-0.39, 0.29) is 12.6 Å². The van der Waals surface area contributed by atoms with Crippen molar-refractivity contribution < 1.29 is 10.2 Å². The monoisotopic (exact) mass is 373 g/mol. The van der Waals surface area contributed by atoms with Crippen LogP contribution in [-0.4, -0.2) is 28.5 Å². The number of nitrogens with one attached hydrogen (secondary N) is 1. The third-order valence-electron chi connectivity index (χ3n) is 5.92. The van der Waals surface area contributed by atoms with Gasteiger partial charge < -0.3 is 10.2 Å². The maximum absolute atomic E-state index is 10.6. The fourth-order valence-electron chi connectivity index (χ4n) is 4.49. The first-order chi connectivity index (χ1) is 13.7. The Bertz CT molecular complexity index is 786. The van der Waals surface area contributed by atoms with Crippen molar-refractivity contribution >= 4 is 0 Å². The summed E-state index contributed by atoms with van der Waals surface area (Å²) in [5, 5.41) is 24.1. The molecule has 1 aliphatic carbocycles. The third kappa shape index (κ3) is 3.49. The fourth-order valence-corrected chi connectivity index (χ4v) is 4.49. The quantitative estimate of drug-likeness (QED) is 0.576. The second-order valence-corrected chi connectivity index (χ2v) is 7.81. The summed E-state index contributed by atoms with van der Waals surface area (Å²) in [6.45, 7) is -0.194. The SMILES string of the molecule is OCC1(O)CCC(NC(c2ccccc2)(c2ccccc2)c2ccccc2)C1. The lowest BCUT2D eigenvalue weighted by atomic mass is 9.76. The van der Waals surface area contributed by atoms with Gasteiger partial charge in [0.25, 0.3) is 0 Å². The standard InChI is InChI=1S/C25H27NO2/c27-19-24(28)17-16-23(18-24)26-25(20-10-4-1-5-11-20,21-12-6-2-7-13-21)22-14-8-3-9-15-22/h1-15,23,26-28H,16-19H2. The molecule has 1 saturated carbocycles. The van der Waals surface area contributed by atoms with Crippen LogP contribution in [0.1, 0.15) is 36.0 Å². The van der Waals surface area contributed by atoms with E-state index in [1.165, 1.54) is 0 Å². The molecule has 0 saturated heterocycles. The highest BCUT2D eigenvalue weighted by Gasteiger charge is 2.43. The Labute approximate surface area is 166 Å². The van der Waals surface area contributed by atoms with E-state index in [1.807, 2.05) is 18.2 Å². The molecule has 1 fully saturated rings. The normalized spacial score (nSPS) is 22.3. The van der Waals surface area contributed by atoms with Crippen molar-refractivity contribution in [3.05, 3.63) is 108 Å². The van der Waals surface area contributed by atoms with Gasteiger partial charge in [0.2, 0.25) is 0 Å². The number of benzene rings is 3. The topological polar surface area (TPSA) is 52.5 Å². The van der Waals surface area contributed by atoms with Crippen molar-refractivity contribution in [2.45, 2.75) is 36.4 Å². The summed E-state index contributed by atoms with van der Waals surface area (Å²) in [5.74, 6) is 0. The van der Waals surface area contributed by atoms with Crippen molar-refractivity contribution in [3.63, 3.8) is 0 Å². The summed E-state index contributed by atoms with van der Waals surface area (Å²) in [5.41, 5.74) is 1.95. The van der Waals surface area contributed by atoms with Crippen molar-refractivity contribution in [1.29, 1.82) is 0 Å². The van der Waals surface area contributed by atoms with Crippen LogP contribution in [0.5, 0.6) is 0 Å². The highest BCUT2D eigenvalue weighted by molar-refractivity contribution is 5.49. The maximum atomic E-state index is 10.6. The van der Waals surface area contributed by atoms with E-state index >= 15 is 0 Å². The zero-order valence-corrected chi connectivity index (χ0v) is 16.0. The summed E-state index contributed by atoms with van der Waals surface area (Å²) < 4.78 is 0. The van der Waals surface area contributed by atoms with Gasteiger partial charge in [0.05, 0.1) is 17.7 Å². The van der Waals surface area contributed by atoms with E-state index in [2.05, 4.69) is 78.1 Å². The summed E-state index contributed by atoms with van der Waals surface area (Å²) in [6, 6.07) is 31.5. The molecule has 28 heavy (non-hydrogen) atoms. The molecule has 2 atom stereocenters. The minimum Gasteiger partial charge on any atom is -0.393 e. The van der Waals surface area contributed by atoms with E-state index in [0.29, 0.717) is 12.8 Å². The first-order valence-corrected chi connectivity index (χ1v) is 9.94. The molecule has 0 bridgehead atoms. The third-order valence-corrected chi connectivity index (χ3v) is 5.92. The number of hydrogen-bond acceptors (Lipinski definition) is 3. The first kappa shape index (κ1) is 18.9. The summed E-state index contributed by atoms with van der Waals surface area (Å²) in [7, 11) is 0. The molecule has 0 aliphatic heterocycles. The van der Waals surface area contributed by atoms with Crippen LogP contribution in [0.25, 0.3) is 0 Å². The fraction of sp³-hybridized carbons (Fsp3) is 0.280. The zero-order valence-electron chi connectivity index (χ0n) is 16.0. The number of aliphatic hydroxyl groups excluding tert-OH is 1. The van der Waals surface area contributed by atoms with Gasteiger partial charge >= 0.3 is 0 Å². The van der Waals surface area contributed by atoms with Crippen LogP contribution in [0.2, 0.25) is 0 Å². The van der Waals surface area contributed by atoms with Crippen molar-refractivity contribution in [1.82, 2.24) is 5.32 Å². The molecule has 0 spiro atoms. The van der Waals surface area contributed by atoms with Gasteiger partial charge in [0, 0.05) is 6.04 Å². The van der Waals surface area contributed by atoms with Crippen LogP contribution in [0, 0.1) is 0 Å². The molecule has 3 aromatic rings. The summed E-state index contributed by atoms with van der Waals surface area (Å²) in [6.07, 6.45) is 1.97. The van der Waals surface area contributed by atoms with Gasteiger partial charge in [-0.2, -0.15) is 0 Å². The Morgan fingerprint density at radius 3 is 1.57 bits per heavy atom. The highest BCUT2D eigenvalue weighted by atomic mass is 16.3. The molecule has 0 aromatic heterocycles. The van der Waals surface area contributed by atoms with Gasteiger partial charge in [-0.1, -0.05) is 91.0 Å². The minimum absolute atomic E-state index is 0.0952. The van der Waals surface area contributed by atoms with Gasteiger partial charge in [0.1, 0.15) is 0 Å². The van der Waals surface area contributed by atoms with E-state index in [9.17, 15) is 10.2 Å². The van der Waals surface area contributed by atoms with E-state index in [1.54, 1.807) is 0 Å². The molecule has 144 valence electrons. The van der Waals surface area contributed by atoms with Crippen molar-refractivity contribution in [2.24, 2.45) is 0 Å². The smallest absolute Gasteiger partial charge is 0.0950 e. The second-order valence-electron chi connectivity index (χ2n) is 7.81. The Hall–Kier alpha value is -2.46. The minimum atomic E-state index is -0.993. The molecule has 3 nitrogen and oxygen atoms in total. The lowest BCUT2D eigenvalue weighted by Gasteiger charge is -2.39. The van der Waals surface area contributed by atoms with E-state index < -0.39 is 11.1 Å². The second kappa shape index (κ2) is 7.88. The van der Waals surface area contributed by atoms with Crippen LogP contribution in [-0.2, 0) is 5.54 Å². The molecule has 0 heterocycles. The van der Waals surface area contributed by atoms with Crippen molar-refractivity contribution in [3.8, 4) is 0 Å². The maximum Gasteiger partial charge on any atom is 0.0950 e. The van der Waals surface area contributed by atoms with Crippen LogP contribution < -0.4 is 5.32 Å². The lowest BCUT2D eigenvalue weighted by Crippen LogP contribution is -2.49. The summed E-state index contributed by atoms with van der Waals surface area (Å²) >= 11 is 0. The van der Waals surface area contributed by atoms with Gasteiger partial charge in [-0.05, 0) is 36.0 Å². The molecule has 0 amide bonds. The van der Waals surface area contributed by atoms with Crippen LogP contribution in [0.3, 0.4) is 0 Å². The first-order valence-electron chi connectivity index (χ1n) is 9.94. The predicted molar refractivity (Wildman–Crippen MR) is 112 cm³/mol. The molecular weight excluding hydrogens is 346 g/mol. The van der Waals surface area contributed by atoms with Crippen LogP contribution >= 0.6 is 0 Å². The lowest BCUT2D eigenvalue weighted by molar-refractivity contribution is -0.0102. The van der Waals surface area contributed by atoms with Gasteiger partial charge in [0.15, 0.2) is 0 Å². The molecule has 3 aromatic carbocycles. The Kier molecular flexibility index (Phi) is 5.31. The molecule has 3 N–H and O–H groups in total. The molecule has 0 radical (unpaired) electrons. The predicted octanol–water partition coefficient (Wildman–Crippen LogP) is 3.84. The van der Waals surface area contributed by atoms with Crippen LogP contribution in [0.15, 0.2) is 91.0 Å². The molecule has 2 unspecified atom stereocenters. The number of rotatable bonds is 6. The molecule has 3 heteroatoms. The van der Waals surface area contributed by atoms with Crippen LogP contribution in [0.4, 0.5) is 0 Å². The number of aliphatic hydroxyl groups is 2. The Balaban J connectivity index is 1.87.